The molecule has 0 amide bonds. The predicted octanol–water partition coefficient (Wildman–Crippen LogP) is 4.41. The van der Waals surface area contributed by atoms with Crippen molar-refractivity contribution in [3.8, 4) is 0 Å². The minimum absolute atomic E-state index is 0.145. The van der Waals surface area contributed by atoms with Crippen LogP contribution in [0, 0.1) is 0 Å². The van der Waals surface area contributed by atoms with E-state index in [4.69, 9.17) is 0 Å². The molecule has 1 atom stereocenters. The second-order valence-corrected chi connectivity index (χ2v) is 7.82. The molecule has 0 spiro atoms. The fourth-order valence-electron chi connectivity index (χ4n) is 2.01. The van der Waals surface area contributed by atoms with Gasteiger partial charge in [0, 0.05) is 19.9 Å². The quantitative estimate of drug-likeness (QED) is 0.757. The Morgan fingerprint density at radius 2 is 1.79 bits per heavy atom. The van der Waals surface area contributed by atoms with Gasteiger partial charge in [0.05, 0.1) is 22.2 Å². The normalized spacial score (nSPS) is 14.5. The minimum Gasteiger partial charge on any atom is -0.354 e. The van der Waals surface area contributed by atoms with E-state index in [-0.39, 0.29) is 5.25 Å². The van der Waals surface area contributed by atoms with Gasteiger partial charge in [-0.05, 0) is 30.3 Å². The molecule has 4 heteroatoms. The van der Waals surface area contributed by atoms with Gasteiger partial charge >= 0.3 is 0 Å². The van der Waals surface area contributed by atoms with Crippen molar-refractivity contribution in [3.63, 3.8) is 0 Å². The average Bonchev–Trinajstić information content (AvgIpc) is 2.43. The van der Waals surface area contributed by atoms with Gasteiger partial charge in [0.2, 0.25) is 0 Å². The van der Waals surface area contributed by atoms with Crippen molar-refractivity contribution in [3.05, 3.63) is 42.5 Å². The molecule has 0 saturated carbocycles. The second-order valence-electron chi connectivity index (χ2n) is 4.73. The van der Waals surface area contributed by atoms with Crippen LogP contribution >= 0.6 is 11.8 Å². The molecule has 1 aliphatic heterocycles. The minimum atomic E-state index is -0.932. The molecule has 1 heterocycles. The van der Waals surface area contributed by atoms with Crippen molar-refractivity contribution in [1.29, 1.82) is 0 Å². The maximum atomic E-state index is 12.2. The van der Waals surface area contributed by atoms with Crippen molar-refractivity contribution in [2.75, 3.05) is 5.32 Å². The lowest BCUT2D eigenvalue weighted by Crippen LogP contribution is -2.07. The van der Waals surface area contributed by atoms with E-state index in [9.17, 15) is 4.21 Å². The Bertz CT molecular complexity index is 652. The Morgan fingerprint density at radius 1 is 1.05 bits per heavy atom. The maximum absolute atomic E-state index is 12.2. The molecular weight excluding hydrogens is 274 g/mol. The number of hydrogen-bond acceptors (Lipinski definition) is 3. The molecule has 0 saturated heterocycles. The van der Waals surface area contributed by atoms with E-state index in [1.54, 1.807) is 11.8 Å². The van der Waals surface area contributed by atoms with Gasteiger partial charge in [-0.3, -0.25) is 4.21 Å². The number of hydrogen-bond donors (Lipinski definition) is 1. The van der Waals surface area contributed by atoms with Gasteiger partial charge in [-0.25, -0.2) is 0 Å². The summed E-state index contributed by atoms with van der Waals surface area (Å²) >= 11 is 1.73. The van der Waals surface area contributed by atoms with Crippen LogP contribution in [0.5, 0.6) is 0 Å². The molecule has 3 rings (SSSR count). The zero-order valence-electron chi connectivity index (χ0n) is 10.8. The van der Waals surface area contributed by atoms with E-state index in [2.05, 4.69) is 17.4 Å². The van der Waals surface area contributed by atoms with E-state index in [1.807, 2.05) is 44.2 Å². The smallest absolute Gasteiger partial charge is 0.0555 e. The third kappa shape index (κ3) is 2.42. The van der Waals surface area contributed by atoms with Crippen LogP contribution in [0.2, 0.25) is 0 Å². The Balaban J connectivity index is 1.98. The first kappa shape index (κ1) is 12.8. The molecule has 1 N–H and O–H groups in total. The zero-order chi connectivity index (χ0) is 13.4. The Kier molecular flexibility index (Phi) is 3.37. The Hall–Kier alpha value is -1.26. The van der Waals surface area contributed by atoms with Crippen molar-refractivity contribution >= 4 is 33.9 Å². The molecule has 1 aliphatic rings. The number of rotatable bonds is 2. The molecular formula is C15H15NOS2. The van der Waals surface area contributed by atoms with Crippen molar-refractivity contribution in [1.82, 2.24) is 0 Å². The monoisotopic (exact) mass is 289 g/mol. The molecule has 0 aliphatic carbocycles. The summed E-state index contributed by atoms with van der Waals surface area (Å²) in [5, 5.41) is 3.56. The average molecular weight is 289 g/mol. The Morgan fingerprint density at radius 3 is 2.58 bits per heavy atom. The van der Waals surface area contributed by atoms with Crippen LogP contribution in [-0.4, -0.2) is 9.46 Å². The SMILES string of the molecule is CC(C)S(=O)c1ccc2c(c1)Sc1ccccc1N2. The van der Waals surface area contributed by atoms with E-state index in [0.29, 0.717) is 0 Å². The molecule has 1 unspecified atom stereocenters. The van der Waals surface area contributed by atoms with E-state index in [1.165, 1.54) is 4.90 Å². The standard InChI is InChI=1S/C15H15NOS2/c1-10(2)19(17)11-7-8-13-15(9-11)18-14-6-4-3-5-12(14)16-13/h3-10,16H,1-2H3. The van der Waals surface area contributed by atoms with Gasteiger partial charge < -0.3 is 5.32 Å². The third-order valence-corrected chi connectivity index (χ3v) is 5.70. The first-order valence-electron chi connectivity index (χ1n) is 6.23. The van der Waals surface area contributed by atoms with Gasteiger partial charge in [0.25, 0.3) is 0 Å². The lowest BCUT2D eigenvalue weighted by Gasteiger charge is -2.21. The zero-order valence-corrected chi connectivity index (χ0v) is 12.5. The molecule has 2 aromatic rings. The number of fused-ring (bicyclic) bond motifs is 2. The molecule has 0 fully saturated rings. The first-order chi connectivity index (χ1) is 9.15. The van der Waals surface area contributed by atoms with E-state index in [0.717, 1.165) is 21.2 Å². The molecule has 98 valence electrons. The van der Waals surface area contributed by atoms with Crippen LogP contribution in [0.25, 0.3) is 0 Å². The van der Waals surface area contributed by atoms with Crippen LogP contribution < -0.4 is 5.32 Å². The second kappa shape index (κ2) is 5.02. The predicted molar refractivity (Wildman–Crippen MR) is 81.8 cm³/mol. The van der Waals surface area contributed by atoms with Gasteiger partial charge in [-0.1, -0.05) is 37.7 Å². The largest absolute Gasteiger partial charge is 0.354 e. The summed E-state index contributed by atoms with van der Waals surface area (Å²) in [6.07, 6.45) is 0. The van der Waals surface area contributed by atoms with Crippen molar-refractivity contribution in [2.24, 2.45) is 0 Å². The first-order valence-corrected chi connectivity index (χ1v) is 8.26. The summed E-state index contributed by atoms with van der Waals surface area (Å²) in [6, 6.07) is 14.3. The van der Waals surface area contributed by atoms with Crippen molar-refractivity contribution < 1.29 is 4.21 Å². The molecule has 2 aromatic carbocycles. The lowest BCUT2D eigenvalue weighted by atomic mass is 10.2. The topological polar surface area (TPSA) is 29.1 Å². The lowest BCUT2D eigenvalue weighted by molar-refractivity contribution is 0.676. The molecule has 19 heavy (non-hydrogen) atoms. The van der Waals surface area contributed by atoms with E-state index >= 15 is 0 Å². The summed E-state index contributed by atoms with van der Waals surface area (Å²) in [4.78, 5) is 3.26. The highest BCUT2D eigenvalue weighted by atomic mass is 32.2. The van der Waals surface area contributed by atoms with Gasteiger partial charge in [0.1, 0.15) is 0 Å². The number of para-hydroxylation sites is 1. The highest BCUT2D eigenvalue weighted by Crippen LogP contribution is 2.44. The van der Waals surface area contributed by atoms with Gasteiger partial charge in [-0.2, -0.15) is 0 Å². The summed E-state index contributed by atoms with van der Waals surface area (Å²) in [7, 11) is -0.932. The van der Waals surface area contributed by atoms with Crippen molar-refractivity contribution in [2.45, 2.75) is 33.8 Å². The fraction of sp³-hybridized carbons (Fsp3) is 0.200. The fourth-order valence-corrected chi connectivity index (χ4v) is 4.09. The van der Waals surface area contributed by atoms with E-state index < -0.39 is 10.8 Å². The number of anilines is 2. The molecule has 0 bridgehead atoms. The summed E-state index contributed by atoms with van der Waals surface area (Å²) < 4.78 is 12.2. The third-order valence-electron chi connectivity index (χ3n) is 2.99. The molecule has 2 nitrogen and oxygen atoms in total. The van der Waals surface area contributed by atoms with Crippen LogP contribution in [0.1, 0.15) is 13.8 Å². The maximum Gasteiger partial charge on any atom is 0.0555 e. The van der Waals surface area contributed by atoms with Crippen LogP contribution in [0.4, 0.5) is 11.4 Å². The summed E-state index contributed by atoms with van der Waals surface area (Å²) in [6.45, 7) is 3.96. The van der Waals surface area contributed by atoms with Gasteiger partial charge in [-0.15, -0.1) is 0 Å². The molecule has 0 radical (unpaired) electrons. The molecule has 0 aromatic heterocycles. The van der Waals surface area contributed by atoms with Crippen LogP contribution in [0.15, 0.2) is 57.2 Å². The highest BCUT2D eigenvalue weighted by Gasteiger charge is 2.17. The van der Waals surface area contributed by atoms with Crippen LogP contribution in [-0.2, 0) is 10.8 Å². The Labute approximate surface area is 120 Å². The summed E-state index contributed by atoms with van der Waals surface area (Å²) in [5.41, 5.74) is 2.23. The highest BCUT2D eigenvalue weighted by molar-refractivity contribution is 7.99. The number of nitrogens with one attached hydrogen (secondary N) is 1. The van der Waals surface area contributed by atoms with Crippen LogP contribution in [0.3, 0.4) is 0 Å². The van der Waals surface area contributed by atoms with Gasteiger partial charge in [0.15, 0.2) is 0 Å². The summed E-state index contributed by atoms with van der Waals surface area (Å²) in [5.74, 6) is 0. The number of benzene rings is 2.